The molecule has 0 bridgehead atoms. The van der Waals surface area contributed by atoms with Crippen molar-refractivity contribution in [3.05, 3.63) is 69.9 Å². The first kappa shape index (κ1) is 20.8. The Hall–Kier alpha value is -3.41. The summed E-state index contributed by atoms with van der Waals surface area (Å²) >= 11 is 0. The van der Waals surface area contributed by atoms with Crippen molar-refractivity contribution in [2.75, 3.05) is 13.2 Å². The van der Waals surface area contributed by atoms with Gasteiger partial charge < -0.3 is 14.1 Å². The van der Waals surface area contributed by atoms with Crippen LogP contribution in [0.25, 0.3) is 22.3 Å². The first-order valence-electron chi connectivity index (χ1n) is 10.6. The van der Waals surface area contributed by atoms with Crippen molar-refractivity contribution < 1.29 is 18.7 Å². The fourth-order valence-electron chi connectivity index (χ4n) is 4.09. The maximum atomic E-state index is 12.9. The Morgan fingerprint density at radius 2 is 1.87 bits per heavy atom. The number of fused-ring (bicyclic) bond motifs is 1. The molecule has 31 heavy (non-hydrogen) atoms. The molecule has 6 nitrogen and oxygen atoms in total. The normalized spacial score (nSPS) is 16.3. The second-order valence-electron chi connectivity index (χ2n) is 7.94. The molecule has 160 valence electrons. The van der Waals surface area contributed by atoms with Crippen LogP contribution in [0.2, 0.25) is 0 Å². The van der Waals surface area contributed by atoms with Crippen LogP contribution in [0, 0.1) is 6.92 Å². The van der Waals surface area contributed by atoms with Crippen LogP contribution in [0.15, 0.2) is 57.7 Å². The summed E-state index contributed by atoms with van der Waals surface area (Å²) in [5.41, 5.74) is 1.31. The molecule has 1 fully saturated rings. The minimum absolute atomic E-state index is 0.131. The molecule has 1 aliphatic rings. The van der Waals surface area contributed by atoms with Crippen molar-refractivity contribution in [2.24, 2.45) is 0 Å². The van der Waals surface area contributed by atoms with Gasteiger partial charge in [-0.1, -0.05) is 36.4 Å². The molecular weight excluding hydrogens is 394 g/mol. The van der Waals surface area contributed by atoms with Crippen molar-refractivity contribution in [1.82, 2.24) is 4.90 Å². The fraction of sp³-hybridized carbons (Fsp3) is 0.320. The molecule has 2 aromatic carbocycles. The van der Waals surface area contributed by atoms with E-state index < -0.39 is 5.97 Å². The van der Waals surface area contributed by atoms with Gasteiger partial charge in [0.25, 0.3) is 5.91 Å². The molecule has 2 heterocycles. The predicted molar refractivity (Wildman–Crippen MR) is 118 cm³/mol. The zero-order valence-electron chi connectivity index (χ0n) is 17.7. The zero-order valence-corrected chi connectivity index (χ0v) is 17.7. The third-order valence-electron chi connectivity index (χ3n) is 5.85. The molecule has 0 saturated carbocycles. The summed E-state index contributed by atoms with van der Waals surface area (Å²) in [6, 6.07) is 14.2. The van der Waals surface area contributed by atoms with Gasteiger partial charge in [0.1, 0.15) is 11.3 Å². The minimum atomic E-state index is -0.686. The van der Waals surface area contributed by atoms with Crippen LogP contribution in [-0.2, 0) is 9.53 Å². The lowest BCUT2D eigenvalue weighted by Gasteiger charge is -2.33. The lowest BCUT2D eigenvalue weighted by atomic mass is 10.0. The number of benzene rings is 2. The molecule has 6 heteroatoms. The van der Waals surface area contributed by atoms with E-state index in [0.717, 1.165) is 24.8 Å². The lowest BCUT2D eigenvalue weighted by molar-refractivity contribution is -0.137. The van der Waals surface area contributed by atoms with E-state index in [0.29, 0.717) is 23.3 Å². The largest absolute Gasteiger partial charge is 0.455 e. The molecule has 1 amide bonds. The van der Waals surface area contributed by atoms with Gasteiger partial charge in [0, 0.05) is 23.7 Å². The van der Waals surface area contributed by atoms with Gasteiger partial charge in [-0.05, 0) is 45.2 Å². The predicted octanol–water partition coefficient (Wildman–Crippen LogP) is 4.33. The van der Waals surface area contributed by atoms with Gasteiger partial charge in [-0.15, -0.1) is 0 Å². The number of rotatable bonds is 4. The highest BCUT2D eigenvalue weighted by Crippen LogP contribution is 2.27. The molecule has 0 aliphatic carbocycles. The summed E-state index contributed by atoms with van der Waals surface area (Å²) in [4.78, 5) is 40.0. The van der Waals surface area contributed by atoms with Crippen molar-refractivity contribution in [1.29, 1.82) is 0 Å². The van der Waals surface area contributed by atoms with Crippen LogP contribution in [0.5, 0.6) is 0 Å². The number of para-hydroxylation sites is 1. The summed E-state index contributed by atoms with van der Waals surface area (Å²) in [7, 11) is 0. The number of carbonyl (C=O) groups is 2. The molecule has 0 spiro atoms. The van der Waals surface area contributed by atoms with E-state index in [1.54, 1.807) is 30.0 Å². The Morgan fingerprint density at radius 3 is 2.61 bits per heavy atom. The molecule has 1 unspecified atom stereocenters. The van der Waals surface area contributed by atoms with E-state index in [-0.39, 0.29) is 35.1 Å². The van der Waals surface area contributed by atoms with Gasteiger partial charge in [0.05, 0.1) is 5.39 Å². The number of hydrogen-bond donors (Lipinski definition) is 0. The van der Waals surface area contributed by atoms with E-state index in [4.69, 9.17) is 9.15 Å². The lowest BCUT2D eigenvalue weighted by Crippen LogP contribution is -2.44. The number of amides is 1. The molecule has 0 N–H and O–H groups in total. The molecule has 3 aromatic rings. The summed E-state index contributed by atoms with van der Waals surface area (Å²) in [5.74, 6) is -0.478. The Kier molecular flexibility index (Phi) is 5.89. The second kappa shape index (κ2) is 8.76. The van der Waals surface area contributed by atoms with Gasteiger partial charge in [-0.2, -0.15) is 0 Å². The van der Waals surface area contributed by atoms with E-state index in [9.17, 15) is 14.4 Å². The Morgan fingerprint density at radius 1 is 1.10 bits per heavy atom. The smallest absolute Gasteiger partial charge is 0.342 e. The summed E-state index contributed by atoms with van der Waals surface area (Å²) in [6.07, 6.45) is 3.01. The number of carbonyl (C=O) groups excluding carboxylic acids is 2. The molecular formula is C25H25NO5. The number of esters is 1. The van der Waals surface area contributed by atoms with E-state index in [2.05, 4.69) is 0 Å². The number of likely N-dealkylation sites (tertiary alicyclic amines) is 1. The van der Waals surface area contributed by atoms with E-state index in [1.807, 2.05) is 37.3 Å². The zero-order chi connectivity index (χ0) is 22.0. The monoisotopic (exact) mass is 419 g/mol. The SMILES string of the molecule is Cc1c(-c2ccccc2)oc2c(C(=O)OCC(=O)N3CCCCC3C)cccc2c1=O. The van der Waals surface area contributed by atoms with Crippen LogP contribution in [-0.4, -0.2) is 36.0 Å². The van der Waals surface area contributed by atoms with E-state index in [1.165, 1.54) is 0 Å². The third kappa shape index (κ3) is 4.10. The standard InChI is InChI=1S/C25H25NO5/c1-16-9-6-7-14-26(16)21(27)15-30-25(29)20-13-8-12-19-22(28)17(2)23(31-24(19)20)18-10-4-3-5-11-18/h3-5,8,10-13,16H,6-7,9,14-15H2,1-2H3. The number of nitrogens with zero attached hydrogens (tertiary/aromatic N) is 1. The second-order valence-corrected chi connectivity index (χ2v) is 7.94. The van der Waals surface area contributed by atoms with Crippen molar-refractivity contribution in [2.45, 2.75) is 39.2 Å². The average molecular weight is 419 g/mol. The quantitative estimate of drug-likeness (QED) is 0.589. The van der Waals surface area contributed by atoms with Crippen molar-refractivity contribution in [3.8, 4) is 11.3 Å². The maximum Gasteiger partial charge on any atom is 0.342 e. The summed E-state index contributed by atoms with van der Waals surface area (Å²) in [6.45, 7) is 4.06. The highest BCUT2D eigenvalue weighted by atomic mass is 16.5. The van der Waals surface area contributed by atoms with Gasteiger partial charge in [-0.25, -0.2) is 4.79 Å². The van der Waals surface area contributed by atoms with Crippen molar-refractivity contribution >= 4 is 22.8 Å². The van der Waals surface area contributed by atoms with Crippen LogP contribution >= 0.6 is 0 Å². The van der Waals surface area contributed by atoms with Gasteiger partial charge in [0.15, 0.2) is 17.6 Å². The Bertz CT molecular complexity index is 1180. The Balaban J connectivity index is 1.64. The maximum absolute atomic E-state index is 12.9. The van der Waals surface area contributed by atoms with Crippen molar-refractivity contribution in [3.63, 3.8) is 0 Å². The molecule has 0 radical (unpaired) electrons. The van der Waals surface area contributed by atoms with Crippen LogP contribution < -0.4 is 5.43 Å². The fourth-order valence-corrected chi connectivity index (χ4v) is 4.09. The molecule has 1 aliphatic heterocycles. The Labute approximate surface area is 180 Å². The molecule has 1 atom stereocenters. The summed E-state index contributed by atoms with van der Waals surface area (Å²) < 4.78 is 11.4. The first-order valence-corrected chi connectivity index (χ1v) is 10.6. The first-order chi connectivity index (χ1) is 15.0. The molecule has 4 rings (SSSR count). The van der Waals surface area contributed by atoms with Crippen LogP contribution in [0.1, 0.15) is 42.1 Å². The summed E-state index contributed by atoms with van der Waals surface area (Å²) in [5, 5.41) is 0.308. The van der Waals surface area contributed by atoms with Gasteiger partial charge in [0.2, 0.25) is 0 Å². The number of hydrogen-bond acceptors (Lipinski definition) is 5. The highest BCUT2D eigenvalue weighted by Gasteiger charge is 2.25. The highest BCUT2D eigenvalue weighted by molar-refractivity contribution is 6.02. The van der Waals surface area contributed by atoms with Crippen LogP contribution in [0.4, 0.5) is 0 Å². The number of piperidine rings is 1. The minimum Gasteiger partial charge on any atom is -0.455 e. The van der Waals surface area contributed by atoms with Crippen LogP contribution in [0.3, 0.4) is 0 Å². The number of ether oxygens (including phenoxy) is 1. The van der Waals surface area contributed by atoms with Gasteiger partial charge >= 0.3 is 5.97 Å². The van der Waals surface area contributed by atoms with E-state index >= 15 is 0 Å². The topological polar surface area (TPSA) is 76.8 Å². The molecule has 1 aromatic heterocycles. The third-order valence-corrected chi connectivity index (χ3v) is 5.85. The average Bonchev–Trinajstić information content (AvgIpc) is 2.80. The van der Waals surface area contributed by atoms with Gasteiger partial charge in [-0.3, -0.25) is 9.59 Å². The molecule has 1 saturated heterocycles.